The number of anilines is 1. The number of sulfonamides is 1. The lowest BCUT2D eigenvalue weighted by Gasteiger charge is -2.23. The number of nitrogens with zero attached hydrogens (tertiary/aromatic N) is 2. The number of halogens is 1. The van der Waals surface area contributed by atoms with Crippen LogP contribution in [0.15, 0.2) is 53.4 Å². The predicted octanol–water partition coefficient (Wildman–Crippen LogP) is 3.04. The molecule has 142 valence electrons. The molecule has 1 aliphatic rings. The van der Waals surface area contributed by atoms with Crippen LogP contribution >= 0.6 is 11.6 Å². The first kappa shape index (κ1) is 19.3. The lowest BCUT2D eigenvalue weighted by Crippen LogP contribution is -2.43. The fraction of sp³-hybridized carbons (Fsp3) is 0.235. The van der Waals surface area contributed by atoms with Crippen molar-refractivity contribution in [2.45, 2.75) is 23.8 Å². The molecule has 1 amide bonds. The quantitative estimate of drug-likeness (QED) is 0.602. The van der Waals surface area contributed by atoms with Crippen molar-refractivity contribution in [2.24, 2.45) is 0 Å². The van der Waals surface area contributed by atoms with E-state index in [0.717, 1.165) is 0 Å². The molecule has 3 rings (SSSR count). The molecule has 0 aromatic heterocycles. The second kappa shape index (κ2) is 7.63. The number of nitro groups is 1. The first-order valence-corrected chi connectivity index (χ1v) is 9.93. The standard InChI is InChI=1S/C17H16ClN3O5S/c18-12-3-9-15(10-4-12)27(25,26)20-11-1-2-16(20)17(22)19-13-5-7-14(8-6-13)21(23)24/h3-10,16H,1-2,11H2,(H,19,22)/t16-/m0/s1. The van der Waals surface area contributed by atoms with Gasteiger partial charge in [0.2, 0.25) is 15.9 Å². The number of carbonyl (C=O) groups excluding carboxylic acids is 1. The van der Waals surface area contributed by atoms with E-state index >= 15 is 0 Å². The van der Waals surface area contributed by atoms with Crippen molar-refractivity contribution >= 4 is 38.9 Å². The van der Waals surface area contributed by atoms with Crippen LogP contribution in [0.5, 0.6) is 0 Å². The van der Waals surface area contributed by atoms with E-state index in [2.05, 4.69) is 5.32 Å². The number of nitro benzene ring substituents is 1. The van der Waals surface area contributed by atoms with Crippen LogP contribution < -0.4 is 5.32 Å². The molecule has 0 spiro atoms. The van der Waals surface area contributed by atoms with Crippen molar-refractivity contribution in [3.63, 3.8) is 0 Å². The molecule has 2 aromatic carbocycles. The van der Waals surface area contributed by atoms with E-state index in [4.69, 9.17) is 11.6 Å². The lowest BCUT2D eigenvalue weighted by atomic mass is 10.2. The molecule has 0 bridgehead atoms. The van der Waals surface area contributed by atoms with E-state index in [1.54, 1.807) is 0 Å². The number of rotatable bonds is 5. The topological polar surface area (TPSA) is 110 Å². The average molecular weight is 410 g/mol. The van der Waals surface area contributed by atoms with Crippen LogP contribution in [0.25, 0.3) is 0 Å². The van der Waals surface area contributed by atoms with Gasteiger partial charge in [-0.3, -0.25) is 14.9 Å². The highest BCUT2D eigenvalue weighted by molar-refractivity contribution is 7.89. The van der Waals surface area contributed by atoms with Gasteiger partial charge >= 0.3 is 0 Å². The molecule has 1 N–H and O–H groups in total. The van der Waals surface area contributed by atoms with Crippen molar-refractivity contribution in [2.75, 3.05) is 11.9 Å². The maximum atomic E-state index is 12.9. The molecule has 0 unspecified atom stereocenters. The first-order chi connectivity index (χ1) is 12.8. The molecule has 0 saturated carbocycles. The van der Waals surface area contributed by atoms with Crippen LogP contribution in [0.1, 0.15) is 12.8 Å². The molecule has 8 nitrogen and oxygen atoms in total. The summed E-state index contributed by atoms with van der Waals surface area (Å²) in [5.74, 6) is -0.473. The summed E-state index contributed by atoms with van der Waals surface area (Å²) >= 11 is 5.81. The van der Waals surface area contributed by atoms with E-state index in [-0.39, 0.29) is 17.1 Å². The summed E-state index contributed by atoms with van der Waals surface area (Å²) in [7, 11) is -3.84. The smallest absolute Gasteiger partial charge is 0.269 e. The summed E-state index contributed by atoms with van der Waals surface area (Å²) in [6.45, 7) is 0.239. The summed E-state index contributed by atoms with van der Waals surface area (Å²) in [6, 6.07) is 10.3. The third-order valence-electron chi connectivity index (χ3n) is 4.27. The Morgan fingerprint density at radius 1 is 1.15 bits per heavy atom. The molecule has 10 heteroatoms. The van der Waals surface area contributed by atoms with Crippen molar-refractivity contribution in [1.82, 2.24) is 4.31 Å². The number of non-ortho nitro benzene ring substituents is 1. The lowest BCUT2D eigenvalue weighted by molar-refractivity contribution is -0.384. The Morgan fingerprint density at radius 2 is 1.78 bits per heavy atom. The Hall–Kier alpha value is -2.49. The Balaban J connectivity index is 1.78. The van der Waals surface area contributed by atoms with Crippen LogP contribution in [-0.4, -0.2) is 36.1 Å². The Morgan fingerprint density at radius 3 is 2.37 bits per heavy atom. The van der Waals surface area contributed by atoms with Gasteiger partial charge in [-0.15, -0.1) is 0 Å². The zero-order valence-electron chi connectivity index (χ0n) is 14.0. The molecule has 1 heterocycles. The minimum absolute atomic E-state index is 0.0712. The normalized spacial score (nSPS) is 17.6. The van der Waals surface area contributed by atoms with Crippen molar-refractivity contribution in [1.29, 1.82) is 0 Å². The van der Waals surface area contributed by atoms with Crippen LogP contribution in [0, 0.1) is 10.1 Å². The van der Waals surface area contributed by atoms with Crippen LogP contribution in [0.3, 0.4) is 0 Å². The molecular formula is C17H16ClN3O5S. The van der Waals surface area contributed by atoms with E-state index in [1.807, 2.05) is 0 Å². The molecule has 0 radical (unpaired) electrons. The number of hydrogen-bond donors (Lipinski definition) is 1. The van der Waals surface area contributed by atoms with Gasteiger partial charge in [0.15, 0.2) is 0 Å². The molecule has 1 aliphatic heterocycles. The fourth-order valence-corrected chi connectivity index (χ4v) is 4.71. The molecule has 1 atom stereocenters. The molecule has 1 saturated heterocycles. The molecule has 0 aliphatic carbocycles. The van der Waals surface area contributed by atoms with Gasteiger partial charge in [-0.05, 0) is 49.2 Å². The highest BCUT2D eigenvalue weighted by atomic mass is 35.5. The number of amides is 1. The maximum Gasteiger partial charge on any atom is 0.269 e. The van der Waals surface area contributed by atoms with E-state index in [9.17, 15) is 23.3 Å². The minimum Gasteiger partial charge on any atom is -0.325 e. The predicted molar refractivity (Wildman–Crippen MR) is 100 cm³/mol. The highest BCUT2D eigenvalue weighted by Gasteiger charge is 2.39. The third kappa shape index (κ3) is 4.10. The molecule has 27 heavy (non-hydrogen) atoms. The SMILES string of the molecule is O=C(Nc1ccc([N+](=O)[O-])cc1)[C@@H]1CCCN1S(=O)(=O)c1ccc(Cl)cc1. The second-order valence-corrected chi connectivity index (χ2v) is 8.35. The molecule has 1 fully saturated rings. The second-order valence-electron chi connectivity index (χ2n) is 6.02. The maximum absolute atomic E-state index is 12.9. The van der Waals surface area contributed by atoms with Gasteiger partial charge < -0.3 is 5.32 Å². The summed E-state index contributed by atoms with van der Waals surface area (Å²) in [5.41, 5.74) is 0.266. The summed E-state index contributed by atoms with van der Waals surface area (Å²) < 4.78 is 26.9. The summed E-state index contributed by atoms with van der Waals surface area (Å²) in [6.07, 6.45) is 0.955. The third-order valence-corrected chi connectivity index (χ3v) is 6.45. The summed E-state index contributed by atoms with van der Waals surface area (Å²) in [5, 5.41) is 13.7. The Bertz CT molecular complexity index is 961. The highest BCUT2D eigenvalue weighted by Crippen LogP contribution is 2.28. The fourth-order valence-electron chi connectivity index (χ4n) is 2.92. The van der Waals surface area contributed by atoms with Gasteiger partial charge in [0.05, 0.1) is 9.82 Å². The zero-order valence-corrected chi connectivity index (χ0v) is 15.6. The Kier molecular flexibility index (Phi) is 5.45. The monoisotopic (exact) mass is 409 g/mol. The number of benzene rings is 2. The largest absolute Gasteiger partial charge is 0.325 e. The van der Waals surface area contributed by atoms with Gasteiger partial charge in [-0.1, -0.05) is 11.6 Å². The van der Waals surface area contributed by atoms with Gasteiger partial charge in [0.25, 0.3) is 5.69 Å². The van der Waals surface area contributed by atoms with Crippen LogP contribution in [0.2, 0.25) is 5.02 Å². The molecular weight excluding hydrogens is 394 g/mol. The first-order valence-electron chi connectivity index (χ1n) is 8.12. The van der Waals surface area contributed by atoms with Gasteiger partial charge in [0.1, 0.15) is 6.04 Å². The number of nitrogens with one attached hydrogen (secondary N) is 1. The van der Waals surface area contributed by atoms with Crippen molar-refractivity contribution < 1.29 is 18.1 Å². The average Bonchev–Trinajstić information content (AvgIpc) is 3.13. The number of hydrogen-bond acceptors (Lipinski definition) is 5. The van der Waals surface area contributed by atoms with Gasteiger partial charge in [-0.25, -0.2) is 8.42 Å². The summed E-state index contributed by atoms with van der Waals surface area (Å²) in [4.78, 5) is 22.8. The van der Waals surface area contributed by atoms with E-state index in [1.165, 1.54) is 52.8 Å². The van der Waals surface area contributed by atoms with E-state index in [0.29, 0.717) is 23.6 Å². The van der Waals surface area contributed by atoms with Crippen molar-refractivity contribution in [3.8, 4) is 0 Å². The van der Waals surface area contributed by atoms with Gasteiger partial charge in [0, 0.05) is 29.4 Å². The molecule has 2 aromatic rings. The number of carbonyl (C=O) groups is 1. The van der Waals surface area contributed by atoms with Crippen molar-refractivity contribution in [3.05, 3.63) is 63.7 Å². The zero-order chi connectivity index (χ0) is 19.6. The minimum atomic E-state index is -3.84. The Labute approximate surface area is 160 Å². The van der Waals surface area contributed by atoms with Gasteiger partial charge in [-0.2, -0.15) is 4.31 Å². The van der Waals surface area contributed by atoms with Crippen LogP contribution in [-0.2, 0) is 14.8 Å². The van der Waals surface area contributed by atoms with Crippen LogP contribution in [0.4, 0.5) is 11.4 Å². The van der Waals surface area contributed by atoms with E-state index < -0.39 is 26.9 Å².